The Balaban J connectivity index is 1.67. The van der Waals surface area contributed by atoms with Crippen molar-refractivity contribution in [1.82, 2.24) is 20.4 Å². The summed E-state index contributed by atoms with van der Waals surface area (Å²) in [4.78, 5) is 14.3. The van der Waals surface area contributed by atoms with Gasteiger partial charge in [-0.2, -0.15) is 5.10 Å². The standard InChI is InChI=1S/C18H19ClN4OS/c1-11-13-10-16(17(24)21-12-6-8-20-9-7-12)25-18(13)23(22-11)15-5-3-2-4-14(15)19/h2-5,10,12,20H,6-9H2,1H3,(H,21,24). The third kappa shape index (κ3) is 3.17. The van der Waals surface area contributed by atoms with Crippen molar-refractivity contribution in [3.05, 3.63) is 45.9 Å². The van der Waals surface area contributed by atoms with E-state index >= 15 is 0 Å². The highest BCUT2D eigenvalue weighted by Gasteiger charge is 2.21. The van der Waals surface area contributed by atoms with Gasteiger partial charge in [-0.15, -0.1) is 11.3 Å². The highest BCUT2D eigenvalue weighted by molar-refractivity contribution is 7.20. The zero-order valence-electron chi connectivity index (χ0n) is 13.9. The molecule has 7 heteroatoms. The van der Waals surface area contributed by atoms with Crippen molar-refractivity contribution in [1.29, 1.82) is 0 Å². The summed E-state index contributed by atoms with van der Waals surface area (Å²) < 4.78 is 1.83. The predicted molar refractivity (Wildman–Crippen MR) is 102 cm³/mol. The molecule has 2 N–H and O–H groups in total. The Labute approximate surface area is 155 Å². The molecule has 1 fully saturated rings. The summed E-state index contributed by atoms with van der Waals surface area (Å²) in [6, 6.07) is 9.79. The largest absolute Gasteiger partial charge is 0.349 e. The zero-order valence-corrected chi connectivity index (χ0v) is 15.5. The van der Waals surface area contributed by atoms with Gasteiger partial charge in [0.2, 0.25) is 0 Å². The van der Waals surface area contributed by atoms with E-state index in [9.17, 15) is 4.79 Å². The maximum absolute atomic E-state index is 12.6. The Morgan fingerprint density at radius 3 is 2.88 bits per heavy atom. The third-order valence-electron chi connectivity index (χ3n) is 4.52. The Bertz CT molecular complexity index is 926. The Hall–Kier alpha value is -1.89. The third-order valence-corrected chi connectivity index (χ3v) is 5.95. The van der Waals surface area contributed by atoms with Crippen molar-refractivity contribution in [2.45, 2.75) is 25.8 Å². The molecule has 3 aromatic rings. The average molecular weight is 375 g/mol. The number of nitrogens with one attached hydrogen (secondary N) is 2. The number of carbonyl (C=O) groups is 1. The second-order valence-electron chi connectivity index (χ2n) is 6.28. The lowest BCUT2D eigenvalue weighted by atomic mass is 10.1. The molecule has 0 aliphatic carbocycles. The van der Waals surface area contributed by atoms with E-state index in [1.54, 1.807) is 0 Å². The van der Waals surface area contributed by atoms with Gasteiger partial charge in [0.15, 0.2) is 0 Å². The number of hydrogen-bond acceptors (Lipinski definition) is 4. The van der Waals surface area contributed by atoms with Crippen molar-refractivity contribution in [2.24, 2.45) is 0 Å². The summed E-state index contributed by atoms with van der Waals surface area (Å²) in [6.45, 7) is 3.87. The molecule has 0 unspecified atom stereocenters. The van der Waals surface area contributed by atoms with Crippen molar-refractivity contribution in [3.8, 4) is 5.69 Å². The van der Waals surface area contributed by atoms with E-state index in [1.807, 2.05) is 41.9 Å². The van der Waals surface area contributed by atoms with Crippen LogP contribution in [0.15, 0.2) is 30.3 Å². The van der Waals surface area contributed by atoms with Crippen LogP contribution in [0.2, 0.25) is 5.02 Å². The van der Waals surface area contributed by atoms with Gasteiger partial charge in [0.1, 0.15) is 4.83 Å². The fourth-order valence-corrected chi connectivity index (χ4v) is 4.46. The van der Waals surface area contributed by atoms with Crippen LogP contribution in [0.1, 0.15) is 28.2 Å². The van der Waals surface area contributed by atoms with Gasteiger partial charge in [-0.05, 0) is 51.1 Å². The lowest BCUT2D eigenvalue weighted by Gasteiger charge is -2.23. The highest BCUT2D eigenvalue weighted by Crippen LogP contribution is 2.32. The zero-order chi connectivity index (χ0) is 17.4. The second-order valence-corrected chi connectivity index (χ2v) is 7.71. The van der Waals surface area contributed by atoms with Gasteiger partial charge in [-0.3, -0.25) is 4.79 Å². The quantitative estimate of drug-likeness (QED) is 0.737. The van der Waals surface area contributed by atoms with Gasteiger partial charge in [-0.1, -0.05) is 23.7 Å². The number of para-hydroxylation sites is 1. The minimum absolute atomic E-state index is 0.00166. The average Bonchev–Trinajstić information content (AvgIpc) is 3.17. The number of rotatable bonds is 3. The van der Waals surface area contributed by atoms with E-state index in [2.05, 4.69) is 15.7 Å². The molecule has 1 aliphatic rings. The Morgan fingerprint density at radius 2 is 2.12 bits per heavy atom. The number of aromatic nitrogens is 2. The summed E-state index contributed by atoms with van der Waals surface area (Å²) in [5.74, 6) is -0.00166. The lowest BCUT2D eigenvalue weighted by Crippen LogP contribution is -2.42. The van der Waals surface area contributed by atoms with E-state index < -0.39 is 0 Å². The fraction of sp³-hybridized carbons (Fsp3) is 0.333. The number of thiophene rings is 1. The molecule has 1 aliphatic heterocycles. The maximum atomic E-state index is 12.6. The molecular weight excluding hydrogens is 356 g/mol. The summed E-state index contributed by atoms with van der Waals surface area (Å²) >= 11 is 7.78. The number of fused-ring (bicyclic) bond motifs is 1. The molecule has 0 bridgehead atoms. The van der Waals surface area contributed by atoms with Crippen LogP contribution < -0.4 is 10.6 Å². The molecule has 130 valence electrons. The van der Waals surface area contributed by atoms with Crippen LogP contribution in [0.25, 0.3) is 15.9 Å². The minimum Gasteiger partial charge on any atom is -0.349 e. The molecule has 0 spiro atoms. The van der Waals surface area contributed by atoms with E-state index in [-0.39, 0.29) is 11.9 Å². The van der Waals surface area contributed by atoms with Crippen LogP contribution >= 0.6 is 22.9 Å². The van der Waals surface area contributed by atoms with E-state index in [0.29, 0.717) is 5.02 Å². The smallest absolute Gasteiger partial charge is 0.261 e. The van der Waals surface area contributed by atoms with Crippen molar-refractivity contribution < 1.29 is 4.79 Å². The number of piperidine rings is 1. The molecule has 3 heterocycles. The molecule has 5 nitrogen and oxygen atoms in total. The van der Waals surface area contributed by atoms with Gasteiger partial charge >= 0.3 is 0 Å². The van der Waals surface area contributed by atoms with Gasteiger partial charge < -0.3 is 10.6 Å². The summed E-state index contributed by atoms with van der Waals surface area (Å²) in [5.41, 5.74) is 1.72. The van der Waals surface area contributed by atoms with Gasteiger partial charge in [0, 0.05) is 11.4 Å². The molecule has 0 radical (unpaired) electrons. The molecular formula is C18H19ClN4OS. The highest BCUT2D eigenvalue weighted by atomic mass is 35.5. The number of carbonyl (C=O) groups excluding carboxylic acids is 1. The first kappa shape index (κ1) is 16.6. The van der Waals surface area contributed by atoms with Gasteiger partial charge in [0.25, 0.3) is 5.91 Å². The van der Waals surface area contributed by atoms with Crippen molar-refractivity contribution in [3.63, 3.8) is 0 Å². The molecule has 0 atom stereocenters. The fourth-order valence-electron chi connectivity index (χ4n) is 3.17. The first-order valence-corrected chi connectivity index (χ1v) is 9.58. The predicted octanol–water partition coefficient (Wildman–Crippen LogP) is 3.53. The van der Waals surface area contributed by atoms with Crippen LogP contribution in [-0.4, -0.2) is 34.8 Å². The summed E-state index contributed by atoms with van der Waals surface area (Å²) in [5, 5.41) is 12.7. The SMILES string of the molecule is Cc1nn(-c2ccccc2Cl)c2sc(C(=O)NC3CCNCC3)cc12. The monoisotopic (exact) mass is 374 g/mol. The van der Waals surface area contributed by atoms with Crippen molar-refractivity contribution >= 4 is 39.1 Å². The number of benzene rings is 1. The van der Waals surface area contributed by atoms with Crippen molar-refractivity contribution in [2.75, 3.05) is 13.1 Å². The molecule has 0 saturated carbocycles. The van der Waals surface area contributed by atoms with Crippen LogP contribution in [-0.2, 0) is 0 Å². The normalized spacial score (nSPS) is 15.6. The van der Waals surface area contributed by atoms with Gasteiger partial charge in [-0.25, -0.2) is 4.68 Å². The first-order chi connectivity index (χ1) is 12.1. The minimum atomic E-state index is -0.00166. The Kier molecular flexibility index (Phi) is 4.50. The molecule has 4 rings (SSSR count). The van der Waals surface area contributed by atoms with Crippen LogP contribution in [0.4, 0.5) is 0 Å². The first-order valence-electron chi connectivity index (χ1n) is 8.39. The number of nitrogens with zero attached hydrogens (tertiary/aromatic N) is 2. The number of halogens is 1. The Morgan fingerprint density at radius 1 is 1.36 bits per heavy atom. The number of aryl methyl sites for hydroxylation is 1. The van der Waals surface area contributed by atoms with Crippen LogP contribution in [0.3, 0.4) is 0 Å². The molecule has 1 amide bonds. The molecule has 2 aromatic heterocycles. The number of amides is 1. The van der Waals surface area contributed by atoms with Crippen LogP contribution in [0, 0.1) is 6.92 Å². The molecule has 1 aromatic carbocycles. The van der Waals surface area contributed by atoms with E-state index in [0.717, 1.165) is 52.4 Å². The molecule has 1 saturated heterocycles. The topological polar surface area (TPSA) is 59.0 Å². The lowest BCUT2D eigenvalue weighted by molar-refractivity contribution is 0.0934. The van der Waals surface area contributed by atoms with Gasteiger partial charge in [0.05, 0.1) is 21.3 Å². The summed E-state index contributed by atoms with van der Waals surface area (Å²) in [6.07, 6.45) is 1.95. The molecule has 25 heavy (non-hydrogen) atoms. The van der Waals surface area contributed by atoms with Crippen LogP contribution in [0.5, 0.6) is 0 Å². The second kappa shape index (κ2) is 6.78. The number of hydrogen-bond donors (Lipinski definition) is 2. The maximum Gasteiger partial charge on any atom is 0.261 e. The van der Waals surface area contributed by atoms with E-state index in [4.69, 9.17) is 11.6 Å². The van der Waals surface area contributed by atoms with E-state index in [1.165, 1.54) is 11.3 Å². The summed E-state index contributed by atoms with van der Waals surface area (Å²) in [7, 11) is 0.